The van der Waals surface area contributed by atoms with Crippen LogP contribution in [0.1, 0.15) is 23.6 Å². The minimum atomic E-state index is -0.0136. The van der Waals surface area contributed by atoms with Crippen LogP contribution in [0.25, 0.3) is 11.1 Å². The number of nitrogens with zero attached hydrogens (tertiary/aromatic N) is 2. The number of ether oxygens (including phenoxy) is 5. The van der Waals surface area contributed by atoms with Crippen molar-refractivity contribution in [2.24, 2.45) is 0 Å². The lowest BCUT2D eigenvalue weighted by Gasteiger charge is -2.32. The highest BCUT2D eigenvalue weighted by Crippen LogP contribution is 2.50. The van der Waals surface area contributed by atoms with Gasteiger partial charge < -0.3 is 33.9 Å². The van der Waals surface area contributed by atoms with Crippen molar-refractivity contribution in [3.63, 3.8) is 0 Å². The van der Waals surface area contributed by atoms with Crippen LogP contribution in [0.4, 0.5) is 0 Å². The van der Waals surface area contributed by atoms with Gasteiger partial charge in [0, 0.05) is 38.3 Å². The summed E-state index contributed by atoms with van der Waals surface area (Å²) in [4.78, 5) is 4.79. The first-order valence-electron chi connectivity index (χ1n) is 12.5. The molecule has 1 atom stereocenters. The summed E-state index contributed by atoms with van der Waals surface area (Å²) in [6, 6.07) is 8.17. The van der Waals surface area contributed by atoms with Crippen LogP contribution >= 0.6 is 0 Å². The van der Waals surface area contributed by atoms with Gasteiger partial charge in [0.1, 0.15) is 12.4 Å². The van der Waals surface area contributed by atoms with Gasteiger partial charge in [-0.1, -0.05) is 6.07 Å². The maximum Gasteiger partial charge on any atom is 0.203 e. The molecule has 1 fully saturated rings. The van der Waals surface area contributed by atoms with E-state index in [0.717, 1.165) is 73.6 Å². The van der Waals surface area contributed by atoms with Crippen molar-refractivity contribution in [1.29, 1.82) is 0 Å². The number of benzene rings is 2. The Kier molecular flexibility index (Phi) is 8.48. The topological polar surface area (TPSA) is 64.7 Å². The molecule has 196 valence electrons. The first-order valence-corrected chi connectivity index (χ1v) is 12.5. The van der Waals surface area contributed by atoms with Crippen molar-refractivity contribution in [2.45, 2.75) is 18.9 Å². The highest BCUT2D eigenvalue weighted by molar-refractivity contribution is 5.83. The van der Waals surface area contributed by atoms with E-state index in [1.807, 2.05) is 6.07 Å². The maximum atomic E-state index is 6.02. The van der Waals surface area contributed by atoms with Gasteiger partial charge in [-0.2, -0.15) is 0 Å². The Bertz CT molecular complexity index is 1070. The standard InChI is InChI=1S/C28H39N3O5/c1-19(36-16-15-31-13-11-30(2)12-14-31)29-24-10-7-20-17-25(33-4)27(34-5)28(35-6)26(20)22-9-8-21(32-3)18-23(22)24/h8-9,17-18,24,29H,1,7,10-16H2,2-6H3/t24-/m0/s1. The fourth-order valence-corrected chi connectivity index (χ4v) is 5.09. The molecule has 2 aromatic rings. The first-order chi connectivity index (χ1) is 17.5. The third-order valence-corrected chi connectivity index (χ3v) is 7.13. The average molecular weight is 498 g/mol. The molecule has 0 saturated carbocycles. The van der Waals surface area contributed by atoms with Crippen molar-refractivity contribution in [3.05, 3.63) is 47.9 Å². The van der Waals surface area contributed by atoms with Gasteiger partial charge in [0.2, 0.25) is 5.75 Å². The minimum absolute atomic E-state index is 0.0136. The number of aryl methyl sites for hydroxylation is 1. The molecule has 0 aromatic heterocycles. The molecule has 8 nitrogen and oxygen atoms in total. The Morgan fingerprint density at radius 2 is 1.72 bits per heavy atom. The van der Waals surface area contributed by atoms with Crippen LogP contribution in [0.3, 0.4) is 0 Å². The lowest BCUT2D eigenvalue weighted by atomic mass is 9.93. The second kappa shape index (κ2) is 11.8. The zero-order chi connectivity index (χ0) is 25.7. The number of hydrogen-bond donors (Lipinski definition) is 1. The van der Waals surface area contributed by atoms with Gasteiger partial charge in [-0.3, -0.25) is 4.90 Å². The molecule has 4 rings (SSSR count). The number of nitrogens with one attached hydrogen (secondary N) is 1. The Balaban J connectivity index is 1.57. The van der Waals surface area contributed by atoms with E-state index in [2.05, 4.69) is 46.9 Å². The lowest BCUT2D eigenvalue weighted by Crippen LogP contribution is -2.45. The third kappa shape index (κ3) is 5.50. The highest BCUT2D eigenvalue weighted by Gasteiger charge is 2.29. The van der Waals surface area contributed by atoms with Gasteiger partial charge >= 0.3 is 0 Å². The third-order valence-electron chi connectivity index (χ3n) is 7.13. The predicted octanol–water partition coefficient (Wildman–Crippen LogP) is 3.70. The molecule has 2 aliphatic rings. The Morgan fingerprint density at radius 3 is 2.39 bits per heavy atom. The van der Waals surface area contributed by atoms with Gasteiger partial charge in [-0.25, -0.2) is 0 Å². The van der Waals surface area contributed by atoms with E-state index in [-0.39, 0.29) is 6.04 Å². The van der Waals surface area contributed by atoms with E-state index in [0.29, 0.717) is 29.7 Å². The molecule has 8 heteroatoms. The number of rotatable bonds is 10. The van der Waals surface area contributed by atoms with Gasteiger partial charge in [-0.15, -0.1) is 0 Å². The van der Waals surface area contributed by atoms with E-state index >= 15 is 0 Å². The van der Waals surface area contributed by atoms with E-state index < -0.39 is 0 Å². The van der Waals surface area contributed by atoms with Crippen LogP contribution in [0.2, 0.25) is 0 Å². The summed E-state index contributed by atoms with van der Waals surface area (Å²) in [6.07, 6.45) is 1.65. The fourth-order valence-electron chi connectivity index (χ4n) is 5.09. The van der Waals surface area contributed by atoms with Crippen molar-refractivity contribution in [3.8, 4) is 34.1 Å². The summed E-state index contributed by atoms with van der Waals surface area (Å²) in [6.45, 7) is 10.0. The molecular weight excluding hydrogens is 458 g/mol. The molecule has 0 unspecified atom stereocenters. The van der Waals surface area contributed by atoms with Gasteiger partial charge in [0.25, 0.3) is 0 Å². The second-order valence-corrected chi connectivity index (χ2v) is 9.28. The lowest BCUT2D eigenvalue weighted by molar-refractivity contribution is 0.105. The van der Waals surface area contributed by atoms with Crippen LogP contribution in [0.5, 0.6) is 23.0 Å². The van der Waals surface area contributed by atoms with Crippen LogP contribution in [0.15, 0.2) is 36.7 Å². The smallest absolute Gasteiger partial charge is 0.203 e. The van der Waals surface area contributed by atoms with Crippen molar-refractivity contribution >= 4 is 0 Å². The van der Waals surface area contributed by atoms with Gasteiger partial charge in [-0.05, 0) is 61.4 Å². The number of piperazine rings is 1. The number of methoxy groups -OCH3 is 4. The molecule has 1 saturated heterocycles. The summed E-state index contributed by atoms with van der Waals surface area (Å²) in [5, 5.41) is 3.54. The van der Waals surface area contributed by atoms with Gasteiger partial charge in [0.15, 0.2) is 17.4 Å². The number of likely N-dealkylation sites (N-methyl/N-ethyl adjacent to an activating group) is 1. The van der Waals surface area contributed by atoms with Crippen molar-refractivity contribution in [1.82, 2.24) is 15.1 Å². The monoisotopic (exact) mass is 497 g/mol. The fraction of sp³-hybridized carbons (Fsp3) is 0.500. The van der Waals surface area contributed by atoms with Crippen molar-refractivity contribution in [2.75, 3.05) is 74.8 Å². The predicted molar refractivity (Wildman–Crippen MR) is 141 cm³/mol. The molecule has 1 aliphatic carbocycles. The highest BCUT2D eigenvalue weighted by atomic mass is 16.5. The summed E-state index contributed by atoms with van der Waals surface area (Å²) >= 11 is 0. The van der Waals surface area contributed by atoms with Crippen LogP contribution in [0, 0.1) is 0 Å². The number of fused-ring (bicyclic) bond motifs is 3. The Labute approximate surface area is 214 Å². The molecule has 0 amide bonds. The van der Waals surface area contributed by atoms with E-state index in [4.69, 9.17) is 23.7 Å². The molecule has 1 N–H and O–H groups in total. The summed E-state index contributed by atoms with van der Waals surface area (Å²) < 4.78 is 28.8. The molecule has 1 aliphatic heterocycles. The van der Waals surface area contributed by atoms with Crippen LogP contribution in [-0.4, -0.2) is 84.6 Å². The molecule has 0 spiro atoms. The molecule has 2 aromatic carbocycles. The van der Waals surface area contributed by atoms with E-state index in [1.165, 1.54) is 0 Å². The molecule has 36 heavy (non-hydrogen) atoms. The second-order valence-electron chi connectivity index (χ2n) is 9.28. The SMILES string of the molecule is C=C(N[C@H]1CCc2cc(OC)c(OC)c(OC)c2-c2ccc(OC)cc21)OCCN1CCN(C)CC1. The summed E-state index contributed by atoms with van der Waals surface area (Å²) in [7, 11) is 8.79. The minimum Gasteiger partial charge on any atom is -0.497 e. The molecular formula is C28H39N3O5. The Hall–Kier alpha value is -3.10. The average Bonchev–Trinajstić information content (AvgIpc) is 3.05. The van der Waals surface area contributed by atoms with Crippen molar-refractivity contribution < 1.29 is 23.7 Å². The first kappa shape index (κ1) is 26.0. The van der Waals surface area contributed by atoms with Crippen LogP contribution < -0.4 is 24.3 Å². The molecule has 1 heterocycles. The van der Waals surface area contributed by atoms with E-state index in [1.54, 1.807) is 28.4 Å². The zero-order valence-corrected chi connectivity index (χ0v) is 22.2. The van der Waals surface area contributed by atoms with E-state index in [9.17, 15) is 0 Å². The Morgan fingerprint density at radius 1 is 0.972 bits per heavy atom. The quantitative estimate of drug-likeness (QED) is 0.499. The summed E-state index contributed by atoms with van der Waals surface area (Å²) in [5.41, 5.74) is 4.31. The number of hydrogen-bond acceptors (Lipinski definition) is 8. The molecule has 0 bridgehead atoms. The molecule has 0 radical (unpaired) electrons. The van der Waals surface area contributed by atoms with Gasteiger partial charge in [0.05, 0.1) is 34.5 Å². The van der Waals surface area contributed by atoms with Crippen LogP contribution in [-0.2, 0) is 11.2 Å². The maximum absolute atomic E-state index is 6.02. The summed E-state index contributed by atoms with van der Waals surface area (Å²) in [5.74, 6) is 3.29. The normalized spacial score (nSPS) is 17.9. The largest absolute Gasteiger partial charge is 0.497 e. The zero-order valence-electron chi connectivity index (χ0n) is 22.2.